The van der Waals surface area contributed by atoms with Gasteiger partial charge in [-0.25, -0.2) is 9.50 Å². The average molecular weight is 393 g/mol. The molecule has 0 saturated carbocycles. The molecule has 0 aliphatic heterocycles. The smallest absolute Gasteiger partial charge is 0.272 e. The summed E-state index contributed by atoms with van der Waals surface area (Å²) in [5.74, 6) is 0. The highest BCUT2D eigenvalue weighted by Crippen LogP contribution is 2.30. The van der Waals surface area contributed by atoms with Gasteiger partial charge in [-0.3, -0.25) is 9.89 Å². The number of rotatable bonds is 7. The van der Waals surface area contributed by atoms with Gasteiger partial charge in [0.05, 0.1) is 25.5 Å². The standard InChI is InChI=1S/C21H19N3O3S/c25-10-11-27-14-16-12-20(26)24-21(23-16)19(13-22-24)15-6-8-18(9-7-15)28-17-4-2-1-3-5-17/h1-9,12-13,22,25H,10-11,14H2. The SMILES string of the molecule is O=c1cc(COCCO)nc2c(-c3ccc(Sc4ccccc4)cc3)c[nH]n12. The van der Waals surface area contributed by atoms with Gasteiger partial charge in [-0.2, -0.15) is 0 Å². The number of aromatic nitrogens is 3. The molecule has 2 heterocycles. The molecule has 7 heteroatoms. The van der Waals surface area contributed by atoms with Gasteiger partial charge in [0.15, 0.2) is 5.65 Å². The Morgan fingerprint density at radius 3 is 2.57 bits per heavy atom. The minimum atomic E-state index is -0.199. The Morgan fingerprint density at radius 2 is 1.82 bits per heavy atom. The van der Waals surface area contributed by atoms with Gasteiger partial charge in [0, 0.05) is 27.6 Å². The summed E-state index contributed by atoms with van der Waals surface area (Å²) in [5, 5.41) is 11.8. The zero-order valence-corrected chi connectivity index (χ0v) is 15.9. The summed E-state index contributed by atoms with van der Waals surface area (Å²) < 4.78 is 6.71. The van der Waals surface area contributed by atoms with Crippen molar-refractivity contribution in [2.24, 2.45) is 0 Å². The fraction of sp³-hybridized carbons (Fsp3) is 0.143. The summed E-state index contributed by atoms with van der Waals surface area (Å²) >= 11 is 1.70. The summed E-state index contributed by atoms with van der Waals surface area (Å²) in [5.41, 5.74) is 2.71. The third-order valence-corrected chi connectivity index (χ3v) is 5.20. The van der Waals surface area contributed by atoms with Crippen LogP contribution in [0.2, 0.25) is 0 Å². The molecule has 0 bridgehead atoms. The zero-order chi connectivity index (χ0) is 19.3. The molecule has 0 amide bonds. The lowest BCUT2D eigenvalue weighted by atomic mass is 10.1. The predicted molar refractivity (Wildman–Crippen MR) is 109 cm³/mol. The lowest BCUT2D eigenvalue weighted by molar-refractivity contribution is 0.0797. The van der Waals surface area contributed by atoms with Crippen LogP contribution in [0.25, 0.3) is 16.8 Å². The minimum Gasteiger partial charge on any atom is -0.394 e. The Bertz CT molecular complexity index is 1120. The maximum Gasteiger partial charge on any atom is 0.272 e. The third kappa shape index (κ3) is 4.01. The molecule has 2 aromatic carbocycles. The lowest BCUT2D eigenvalue weighted by Gasteiger charge is -2.05. The number of hydrogen-bond acceptors (Lipinski definition) is 5. The molecule has 0 fully saturated rings. The molecule has 4 rings (SSSR count). The lowest BCUT2D eigenvalue weighted by Crippen LogP contribution is -2.16. The molecule has 0 aliphatic rings. The van der Waals surface area contributed by atoms with E-state index in [1.807, 2.05) is 30.3 Å². The number of nitrogens with zero attached hydrogens (tertiary/aromatic N) is 2. The first kappa shape index (κ1) is 18.5. The van der Waals surface area contributed by atoms with Gasteiger partial charge in [0.1, 0.15) is 0 Å². The minimum absolute atomic E-state index is 0.0655. The van der Waals surface area contributed by atoms with E-state index >= 15 is 0 Å². The molecule has 0 atom stereocenters. The fourth-order valence-electron chi connectivity index (χ4n) is 2.88. The molecular weight excluding hydrogens is 374 g/mol. The highest BCUT2D eigenvalue weighted by Gasteiger charge is 2.11. The van der Waals surface area contributed by atoms with E-state index in [2.05, 4.69) is 34.3 Å². The maximum atomic E-state index is 12.3. The van der Waals surface area contributed by atoms with Gasteiger partial charge in [-0.1, -0.05) is 42.1 Å². The van der Waals surface area contributed by atoms with Crippen LogP contribution in [0.1, 0.15) is 5.69 Å². The second kappa shape index (κ2) is 8.43. The van der Waals surface area contributed by atoms with Crippen molar-refractivity contribution in [3.63, 3.8) is 0 Å². The number of H-pyrrole nitrogens is 1. The molecule has 0 radical (unpaired) electrons. The molecule has 0 spiro atoms. The first-order valence-electron chi connectivity index (χ1n) is 8.86. The quantitative estimate of drug-likeness (QED) is 0.471. The summed E-state index contributed by atoms with van der Waals surface area (Å²) in [4.78, 5) is 19.2. The van der Waals surface area contributed by atoms with Gasteiger partial charge in [0.25, 0.3) is 5.56 Å². The van der Waals surface area contributed by atoms with E-state index in [-0.39, 0.29) is 25.4 Å². The Labute approximate surface area is 165 Å². The Kier molecular flexibility index (Phi) is 5.57. The molecule has 0 aliphatic carbocycles. The van der Waals surface area contributed by atoms with Crippen LogP contribution in [0.15, 0.2) is 81.4 Å². The van der Waals surface area contributed by atoms with Crippen molar-refractivity contribution < 1.29 is 9.84 Å². The molecule has 142 valence electrons. The van der Waals surface area contributed by atoms with Crippen LogP contribution < -0.4 is 5.56 Å². The largest absolute Gasteiger partial charge is 0.394 e. The van der Waals surface area contributed by atoms with Crippen molar-refractivity contribution in [3.05, 3.63) is 82.9 Å². The number of hydrogen-bond donors (Lipinski definition) is 2. The average Bonchev–Trinajstić information content (AvgIpc) is 3.14. The van der Waals surface area contributed by atoms with E-state index in [1.54, 1.807) is 18.0 Å². The van der Waals surface area contributed by atoms with Crippen molar-refractivity contribution in [1.82, 2.24) is 14.6 Å². The molecule has 2 aromatic heterocycles. The van der Waals surface area contributed by atoms with E-state index in [0.29, 0.717) is 11.3 Å². The van der Waals surface area contributed by atoms with Crippen LogP contribution in [0.4, 0.5) is 0 Å². The van der Waals surface area contributed by atoms with Crippen LogP contribution in [0, 0.1) is 0 Å². The van der Waals surface area contributed by atoms with Crippen molar-refractivity contribution in [3.8, 4) is 11.1 Å². The first-order chi connectivity index (χ1) is 13.7. The van der Waals surface area contributed by atoms with Gasteiger partial charge < -0.3 is 9.84 Å². The normalized spacial score (nSPS) is 11.2. The van der Waals surface area contributed by atoms with E-state index in [1.165, 1.54) is 15.5 Å². The Balaban J connectivity index is 1.62. The molecule has 0 unspecified atom stereocenters. The van der Waals surface area contributed by atoms with Gasteiger partial charge in [-0.15, -0.1) is 0 Å². The van der Waals surface area contributed by atoms with Crippen molar-refractivity contribution in [2.45, 2.75) is 16.4 Å². The number of aliphatic hydroxyl groups excluding tert-OH is 1. The van der Waals surface area contributed by atoms with Crippen LogP contribution in [-0.2, 0) is 11.3 Å². The molecule has 2 N–H and O–H groups in total. The van der Waals surface area contributed by atoms with Crippen molar-refractivity contribution in [1.29, 1.82) is 0 Å². The molecule has 6 nitrogen and oxygen atoms in total. The molecule has 4 aromatic rings. The van der Waals surface area contributed by atoms with Gasteiger partial charge in [0.2, 0.25) is 0 Å². The van der Waals surface area contributed by atoms with Crippen molar-refractivity contribution in [2.75, 3.05) is 13.2 Å². The predicted octanol–water partition coefficient (Wildman–Crippen LogP) is 3.35. The first-order valence-corrected chi connectivity index (χ1v) is 9.68. The van der Waals surface area contributed by atoms with Crippen LogP contribution in [-0.4, -0.2) is 32.9 Å². The zero-order valence-electron chi connectivity index (χ0n) is 15.0. The highest BCUT2D eigenvalue weighted by molar-refractivity contribution is 7.99. The second-order valence-electron chi connectivity index (χ2n) is 6.15. The molecular formula is C21H19N3O3S. The highest BCUT2D eigenvalue weighted by atomic mass is 32.2. The number of aliphatic hydroxyl groups is 1. The van der Waals surface area contributed by atoms with Gasteiger partial charge in [-0.05, 0) is 29.8 Å². The number of aromatic amines is 1. The summed E-state index contributed by atoms with van der Waals surface area (Å²) in [6.45, 7) is 0.329. The van der Waals surface area contributed by atoms with Gasteiger partial charge >= 0.3 is 0 Å². The van der Waals surface area contributed by atoms with Crippen LogP contribution in [0.5, 0.6) is 0 Å². The van der Waals surface area contributed by atoms with E-state index in [0.717, 1.165) is 16.0 Å². The maximum absolute atomic E-state index is 12.3. The summed E-state index contributed by atoms with van der Waals surface area (Å²) in [6, 6.07) is 19.8. The Hall–Kier alpha value is -2.87. The van der Waals surface area contributed by atoms with Crippen LogP contribution in [0.3, 0.4) is 0 Å². The number of fused-ring (bicyclic) bond motifs is 1. The summed E-state index contributed by atoms with van der Waals surface area (Å²) in [7, 11) is 0. The number of benzene rings is 2. The van der Waals surface area contributed by atoms with Crippen molar-refractivity contribution >= 4 is 17.4 Å². The van der Waals surface area contributed by atoms with Crippen LogP contribution >= 0.6 is 11.8 Å². The monoisotopic (exact) mass is 393 g/mol. The summed E-state index contributed by atoms with van der Waals surface area (Å²) in [6.07, 6.45) is 1.78. The van der Waals surface area contributed by atoms with E-state index < -0.39 is 0 Å². The number of ether oxygens (including phenoxy) is 1. The fourth-order valence-corrected chi connectivity index (χ4v) is 3.72. The molecule has 28 heavy (non-hydrogen) atoms. The number of nitrogens with one attached hydrogen (secondary N) is 1. The Morgan fingerprint density at radius 1 is 1.07 bits per heavy atom. The molecule has 0 saturated heterocycles. The van der Waals surface area contributed by atoms with E-state index in [4.69, 9.17) is 9.84 Å². The second-order valence-corrected chi connectivity index (χ2v) is 7.29. The topological polar surface area (TPSA) is 79.6 Å². The third-order valence-electron chi connectivity index (χ3n) is 4.18. The van der Waals surface area contributed by atoms with E-state index in [9.17, 15) is 4.79 Å².